The number of carboxylic acid groups (broad SMARTS) is 1. The van der Waals surface area contributed by atoms with E-state index >= 15 is 0 Å². The lowest BCUT2D eigenvalue weighted by atomic mass is 10.0. The Balaban J connectivity index is 1.78. The molecule has 12 heteroatoms. The fourth-order valence-corrected chi connectivity index (χ4v) is 4.26. The number of fused-ring (bicyclic) bond motifs is 1. The summed E-state index contributed by atoms with van der Waals surface area (Å²) in [7, 11) is 0. The van der Waals surface area contributed by atoms with Crippen molar-refractivity contribution in [3.63, 3.8) is 0 Å². The number of para-hydroxylation sites is 1. The van der Waals surface area contributed by atoms with Crippen LogP contribution < -0.4 is 21.7 Å². The zero-order valence-corrected chi connectivity index (χ0v) is 22.2. The Morgan fingerprint density at radius 3 is 2.10 bits per heavy atom. The number of H-pyrrole nitrogens is 1. The molecule has 208 valence electrons. The van der Waals surface area contributed by atoms with Crippen LogP contribution in [0.3, 0.4) is 0 Å². The van der Waals surface area contributed by atoms with Crippen molar-refractivity contribution >= 4 is 47.2 Å². The molecule has 39 heavy (non-hydrogen) atoms. The van der Waals surface area contributed by atoms with Gasteiger partial charge in [0.25, 0.3) is 0 Å². The molecule has 0 spiro atoms. The van der Waals surface area contributed by atoms with E-state index in [9.17, 15) is 29.4 Å². The molecule has 5 unspecified atom stereocenters. The van der Waals surface area contributed by atoms with Gasteiger partial charge < -0.3 is 36.9 Å². The molecule has 3 amide bonds. The van der Waals surface area contributed by atoms with Gasteiger partial charge in [-0.25, -0.2) is 4.79 Å². The third kappa shape index (κ3) is 8.06. The van der Waals surface area contributed by atoms with Gasteiger partial charge in [0.15, 0.2) is 0 Å². The molecule has 0 fully saturated rings. The van der Waals surface area contributed by atoms with Crippen LogP contribution in [0.25, 0.3) is 10.9 Å². The van der Waals surface area contributed by atoms with Crippen molar-refractivity contribution in [3.05, 3.63) is 71.9 Å². The van der Waals surface area contributed by atoms with E-state index in [1.165, 1.54) is 6.92 Å². The highest BCUT2D eigenvalue weighted by Crippen LogP contribution is 2.19. The maximum atomic E-state index is 13.4. The van der Waals surface area contributed by atoms with Crippen LogP contribution in [-0.4, -0.2) is 74.9 Å². The summed E-state index contributed by atoms with van der Waals surface area (Å²) >= 11 is 4.12. The van der Waals surface area contributed by atoms with Crippen LogP contribution in [0.15, 0.2) is 60.8 Å². The molecule has 0 radical (unpaired) electrons. The molecule has 5 atom stereocenters. The number of nitrogens with one attached hydrogen (secondary N) is 4. The Morgan fingerprint density at radius 1 is 0.872 bits per heavy atom. The molecule has 0 saturated heterocycles. The predicted molar refractivity (Wildman–Crippen MR) is 149 cm³/mol. The van der Waals surface area contributed by atoms with E-state index in [0.29, 0.717) is 5.56 Å². The number of aliphatic hydroxyl groups is 1. The molecule has 1 aromatic heterocycles. The highest BCUT2D eigenvalue weighted by molar-refractivity contribution is 7.80. The highest BCUT2D eigenvalue weighted by atomic mass is 32.1. The molecule has 8 N–H and O–H groups in total. The number of aliphatic carboxylic acids is 1. The normalized spacial score (nSPS) is 15.0. The molecule has 0 saturated carbocycles. The highest BCUT2D eigenvalue weighted by Gasteiger charge is 2.31. The SMILES string of the molecule is CC(O)C(N)C(=O)NC(CS)C(=O)NC(Cc1ccccc1)C(=O)NC(Cc1c[nH]c2ccccc12)C(=O)O. The first-order valence-electron chi connectivity index (χ1n) is 12.4. The van der Waals surface area contributed by atoms with E-state index in [-0.39, 0.29) is 18.6 Å². The first-order chi connectivity index (χ1) is 18.6. The minimum absolute atomic E-state index is 0.0175. The largest absolute Gasteiger partial charge is 0.480 e. The van der Waals surface area contributed by atoms with Gasteiger partial charge in [0, 0.05) is 35.7 Å². The number of carbonyl (C=O) groups is 4. The molecular formula is C27H33N5O6S. The second-order valence-electron chi connectivity index (χ2n) is 9.22. The van der Waals surface area contributed by atoms with Crippen molar-refractivity contribution in [2.75, 3.05) is 5.75 Å². The number of amides is 3. The van der Waals surface area contributed by atoms with Gasteiger partial charge in [-0.3, -0.25) is 14.4 Å². The van der Waals surface area contributed by atoms with Gasteiger partial charge in [-0.05, 0) is 24.1 Å². The van der Waals surface area contributed by atoms with Gasteiger partial charge in [-0.15, -0.1) is 0 Å². The summed E-state index contributed by atoms with van der Waals surface area (Å²) in [4.78, 5) is 53.9. The number of carboxylic acids is 1. The van der Waals surface area contributed by atoms with E-state index < -0.39 is 54.0 Å². The predicted octanol–water partition coefficient (Wildman–Crippen LogP) is 0.130. The first-order valence-corrected chi connectivity index (χ1v) is 13.0. The summed E-state index contributed by atoms with van der Waals surface area (Å²) in [6, 6.07) is 11.5. The van der Waals surface area contributed by atoms with E-state index in [1.807, 2.05) is 24.3 Å². The average molecular weight is 556 g/mol. The van der Waals surface area contributed by atoms with Gasteiger partial charge in [0.1, 0.15) is 24.2 Å². The van der Waals surface area contributed by atoms with E-state index in [2.05, 4.69) is 33.6 Å². The molecule has 2 aromatic carbocycles. The molecule has 3 aromatic rings. The summed E-state index contributed by atoms with van der Waals surface area (Å²) < 4.78 is 0. The maximum absolute atomic E-state index is 13.4. The lowest BCUT2D eigenvalue weighted by molar-refractivity contribution is -0.142. The van der Waals surface area contributed by atoms with Gasteiger partial charge in [0.2, 0.25) is 17.7 Å². The number of benzene rings is 2. The molecule has 0 aliphatic heterocycles. The fraction of sp³-hybridized carbons (Fsp3) is 0.333. The van der Waals surface area contributed by atoms with Crippen molar-refractivity contribution in [1.29, 1.82) is 0 Å². The fourth-order valence-electron chi connectivity index (χ4n) is 4.01. The molecule has 0 aliphatic carbocycles. The monoisotopic (exact) mass is 555 g/mol. The number of hydrogen-bond acceptors (Lipinski definition) is 7. The number of hydrogen-bond donors (Lipinski definition) is 8. The number of aromatic nitrogens is 1. The summed E-state index contributed by atoms with van der Waals surface area (Å²) in [5, 5.41) is 27.9. The van der Waals surface area contributed by atoms with Crippen LogP contribution in [0.2, 0.25) is 0 Å². The molecule has 0 aliphatic rings. The summed E-state index contributed by atoms with van der Waals surface area (Å²) in [5.41, 5.74) is 7.93. The number of thiol groups is 1. The smallest absolute Gasteiger partial charge is 0.326 e. The minimum atomic E-state index is -1.27. The Labute approximate surface area is 231 Å². The number of aromatic amines is 1. The number of nitrogens with two attached hydrogens (primary N) is 1. The molecule has 3 rings (SSSR count). The first kappa shape index (κ1) is 29.7. The Morgan fingerprint density at radius 2 is 1.46 bits per heavy atom. The van der Waals surface area contributed by atoms with E-state index in [0.717, 1.165) is 16.5 Å². The van der Waals surface area contributed by atoms with Crippen molar-refractivity contribution in [1.82, 2.24) is 20.9 Å². The second-order valence-corrected chi connectivity index (χ2v) is 9.59. The number of carbonyl (C=O) groups excluding carboxylic acids is 3. The molecule has 11 nitrogen and oxygen atoms in total. The van der Waals surface area contributed by atoms with Crippen LogP contribution >= 0.6 is 12.6 Å². The Kier molecular flexibility index (Phi) is 10.5. The maximum Gasteiger partial charge on any atom is 0.326 e. The van der Waals surface area contributed by atoms with Crippen LogP contribution in [0.5, 0.6) is 0 Å². The van der Waals surface area contributed by atoms with Crippen molar-refractivity contribution < 1.29 is 29.4 Å². The Bertz CT molecular complexity index is 1300. The van der Waals surface area contributed by atoms with Crippen LogP contribution in [0.1, 0.15) is 18.1 Å². The number of aliphatic hydroxyl groups excluding tert-OH is 1. The molecule has 0 bridgehead atoms. The molecular weight excluding hydrogens is 522 g/mol. The van der Waals surface area contributed by atoms with Crippen LogP contribution in [0.4, 0.5) is 0 Å². The van der Waals surface area contributed by atoms with E-state index in [1.54, 1.807) is 36.5 Å². The van der Waals surface area contributed by atoms with Crippen molar-refractivity contribution in [3.8, 4) is 0 Å². The Hall–Kier alpha value is -3.87. The van der Waals surface area contributed by atoms with E-state index in [4.69, 9.17) is 5.73 Å². The lowest BCUT2D eigenvalue weighted by Crippen LogP contribution is -2.59. The van der Waals surface area contributed by atoms with Crippen molar-refractivity contribution in [2.24, 2.45) is 5.73 Å². The van der Waals surface area contributed by atoms with Gasteiger partial charge in [-0.2, -0.15) is 12.6 Å². The topological polar surface area (TPSA) is 187 Å². The third-order valence-corrected chi connectivity index (χ3v) is 6.63. The zero-order chi connectivity index (χ0) is 28.5. The minimum Gasteiger partial charge on any atom is -0.480 e. The average Bonchev–Trinajstić information content (AvgIpc) is 3.33. The van der Waals surface area contributed by atoms with Gasteiger partial charge >= 0.3 is 5.97 Å². The summed E-state index contributed by atoms with van der Waals surface area (Å²) in [5.74, 6) is -3.51. The second kappa shape index (κ2) is 13.8. The van der Waals surface area contributed by atoms with Crippen LogP contribution in [0, 0.1) is 0 Å². The lowest BCUT2D eigenvalue weighted by Gasteiger charge is -2.25. The third-order valence-electron chi connectivity index (χ3n) is 6.27. The molecule has 1 heterocycles. The van der Waals surface area contributed by atoms with Gasteiger partial charge in [0.05, 0.1) is 6.10 Å². The van der Waals surface area contributed by atoms with Gasteiger partial charge in [-0.1, -0.05) is 48.5 Å². The standard InChI is InChI=1S/C27H33N5O6S/c1-15(33)23(28)26(36)32-22(14-39)25(35)30-20(11-16-7-3-2-4-8-16)24(34)31-21(27(37)38)12-17-13-29-19-10-6-5-9-18(17)19/h2-10,13,15,20-23,29,33,39H,11-12,14,28H2,1H3,(H,30,35)(H,31,34)(H,32,36)(H,37,38). The number of rotatable bonds is 13. The van der Waals surface area contributed by atoms with Crippen LogP contribution in [-0.2, 0) is 32.0 Å². The quantitative estimate of drug-likeness (QED) is 0.138. The zero-order valence-electron chi connectivity index (χ0n) is 21.3. The summed E-state index contributed by atoms with van der Waals surface area (Å²) in [6.07, 6.45) is 0.644. The summed E-state index contributed by atoms with van der Waals surface area (Å²) in [6.45, 7) is 1.34. The van der Waals surface area contributed by atoms with Crippen molar-refractivity contribution in [2.45, 2.75) is 50.0 Å².